The van der Waals surface area contributed by atoms with Gasteiger partial charge < -0.3 is 0 Å². The van der Waals surface area contributed by atoms with Gasteiger partial charge in [-0.15, -0.1) is 0 Å². The zero-order valence-corrected chi connectivity index (χ0v) is 35.8. The van der Waals surface area contributed by atoms with E-state index >= 15 is 0 Å². The Bertz CT molecular complexity index is 1520. The molecule has 0 atom stereocenters. The summed E-state index contributed by atoms with van der Waals surface area (Å²) in [4.78, 5) is 0. The van der Waals surface area contributed by atoms with Crippen LogP contribution in [-0.4, -0.2) is 6.72 Å². The molecular formula is HBPS26V. The van der Waals surface area contributed by atoms with Crippen molar-refractivity contribution in [2.75, 3.05) is 0 Å². The Kier molecular flexibility index (Phi) is 48.0. The topological polar surface area (TPSA) is 0 Å². The summed E-state index contributed by atoms with van der Waals surface area (Å²) in [7, 11) is 49.1. The summed E-state index contributed by atoms with van der Waals surface area (Å²) >= 11 is 0. The molecule has 0 amide bonds. The molecule has 0 rings (SSSR count). The van der Waals surface area contributed by atoms with Gasteiger partial charge >= 0.3 is 114 Å². The van der Waals surface area contributed by atoms with E-state index in [1.165, 1.54) is 9.75 Å². The first kappa shape index (κ1) is 37.8. The molecule has 0 unspecified atom stereocenters. The summed E-state index contributed by atoms with van der Waals surface area (Å²) in [6, 6.07) is 0. The van der Waals surface area contributed by atoms with Crippen molar-refractivity contribution in [3.8, 4) is 0 Å². The van der Waals surface area contributed by atoms with Gasteiger partial charge in [-0.25, -0.2) is 0 Å². The predicted octanol–water partition coefficient (Wildman–Crippen LogP) is 0.148. The van der Waals surface area contributed by atoms with Crippen molar-refractivity contribution in [1.29, 1.82) is 0 Å². The molecule has 0 aromatic rings. The van der Waals surface area contributed by atoms with E-state index in [0.717, 1.165) is 0 Å². The second kappa shape index (κ2) is 36.8. The second-order valence-electron chi connectivity index (χ2n) is 1.81. The van der Waals surface area contributed by atoms with E-state index in [1.54, 1.807) is 107 Å². The number of hydrogen-bond donors (Lipinski definition) is 0. The van der Waals surface area contributed by atoms with Gasteiger partial charge in [-0.2, -0.15) is 0 Å². The summed E-state index contributed by atoms with van der Waals surface area (Å²) < 4.78 is 0. The van der Waals surface area contributed by atoms with E-state index in [0.29, 0.717) is 0 Å². The van der Waals surface area contributed by atoms with Gasteiger partial charge in [-0.1, -0.05) is 9.50 Å². The molecule has 0 fully saturated rings. The molecule has 2 radical (unpaired) electrons. The first-order chi connectivity index (χ1) is 13.9. The quantitative estimate of drug-likeness (QED) is 0.240. The monoisotopic (exact) mass is 925 g/mol. The van der Waals surface area contributed by atoms with E-state index < -0.39 is 0 Å². The van der Waals surface area contributed by atoms with E-state index in [1.807, 2.05) is 115 Å². The molecule has 29 heavy (non-hydrogen) atoms. The van der Waals surface area contributed by atoms with Crippen LogP contribution in [0.25, 0.3) is 0 Å². The van der Waals surface area contributed by atoms with E-state index in [4.69, 9.17) is 6.72 Å². The summed E-state index contributed by atoms with van der Waals surface area (Å²) in [5, 5.41) is 0. The molecule has 0 N–H and O–H groups in total. The van der Waals surface area contributed by atoms with Crippen LogP contribution in [0.2, 0.25) is 0 Å². The van der Waals surface area contributed by atoms with Crippen molar-refractivity contribution in [1.82, 2.24) is 0 Å². The van der Waals surface area contributed by atoms with Crippen LogP contribution >= 0.6 is 8.02 Å². The minimum Gasteiger partial charge on any atom is -0.0540 e. The molecule has 170 valence electrons. The normalized spacial score (nSPS) is 7.28. The predicted molar refractivity (Wildman–Crippen MR) is 206 cm³/mol. The molecule has 0 aromatic heterocycles. The van der Waals surface area contributed by atoms with Gasteiger partial charge in [0.15, 0.2) is 0 Å². The molecule has 0 aliphatic carbocycles. The summed E-state index contributed by atoms with van der Waals surface area (Å²) in [5.41, 5.74) is 0. The van der Waals surface area contributed by atoms with Crippen molar-refractivity contribution < 1.29 is 18.6 Å². The molecule has 0 spiro atoms. The summed E-state index contributed by atoms with van der Waals surface area (Å²) in [6.07, 6.45) is 0. The Morgan fingerprint density at radius 3 is 0.655 bits per heavy atom. The summed E-state index contributed by atoms with van der Waals surface area (Å²) in [5.74, 6) is 0. The average Bonchev–Trinajstić information content (AvgIpc) is 2.71. The molecule has 29 heteroatoms. The second-order valence-corrected chi connectivity index (χ2v) is 47.2. The van der Waals surface area contributed by atoms with E-state index in [2.05, 4.69) is 8.02 Å². The van der Waals surface area contributed by atoms with Crippen LogP contribution in [0.5, 0.6) is 0 Å². The molecule has 0 aromatic carbocycles. The molecular weight excluding hydrogens is 926 g/mol. The van der Waals surface area contributed by atoms with Gasteiger partial charge in [0.05, 0.1) is 0 Å². The average molecular weight is 927 g/mol. The van der Waals surface area contributed by atoms with Crippen LogP contribution in [0, 0.1) is 0 Å². The van der Waals surface area contributed by atoms with Crippen molar-refractivity contribution in [2.24, 2.45) is 0 Å². The van der Waals surface area contributed by atoms with Crippen molar-refractivity contribution in [3.63, 3.8) is 0 Å². The van der Waals surface area contributed by atoms with Crippen LogP contribution in [0.15, 0.2) is 0 Å². The van der Waals surface area contributed by atoms with Crippen LogP contribution in [0.3, 0.4) is 0 Å². The molecule has 0 aliphatic rings. The fourth-order valence-corrected chi connectivity index (χ4v) is 65.3. The molecule has 0 heterocycles. The molecule has 0 bridgehead atoms. The zero-order chi connectivity index (χ0) is 20.4. The van der Waals surface area contributed by atoms with Gasteiger partial charge in [-0.3, -0.25) is 0 Å². The fourth-order valence-electron chi connectivity index (χ4n) is 0.279. The van der Waals surface area contributed by atoms with Crippen LogP contribution in [-0.2, 0) is 251 Å². The minimum absolute atomic E-state index is 0. The fraction of sp³-hybridized carbons (Fsp3) is 0. The zero-order valence-electron chi connectivity index (χ0n) is 12.1. The van der Waals surface area contributed by atoms with Crippen LogP contribution in [0.1, 0.15) is 0 Å². The van der Waals surface area contributed by atoms with Crippen molar-refractivity contribution in [2.45, 2.75) is 0 Å². The van der Waals surface area contributed by atoms with Gasteiger partial charge in [0.1, 0.15) is 0 Å². The Labute approximate surface area is 258 Å². The standard InChI is InChI=1S/BHPS26.V/c1-3-5-7-9-11-13-15-17-19-21-23-25-27-28-26-24-22-20-18-16-14-12-10-8-6-4-2;/h2H;. The third kappa shape index (κ3) is 36.9. The van der Waals surface area contributed by atoms with Gasteiger partial charge in [0.2, 0.25) is 0 Å². The third-order valence-electron chi connectivity index (χ3n) is 0.712. The summed E-state index contributed by atoms with van der Waals surface area (Å²) in [6.45, 7) is 5.32. The maximum atomic E-state index is 5.32. The minimum atomic E-state index is 0. The number of hydrogen-bond acceptors (Lipinski definition) is 0. The SMILES string of the molecule is [B]=S=S=S=S=S=S=S=S=S=S=S=S=S=S=S=S=S=S=S=S=S=S=S=S=S=S=P.[V]. The maximum absolute atomic E-state index is 5.32. The van der Waals surface area contributed by atoms with Gasteiger partial charge in [0.25, 0.3) is 0 Å². The molecule has 0 saturated heterocycles. The first-order valence-corrected chi connectivity index (χ1v) is 40.0. The molecule has 0 aliphatic heterocycles. The first-order valence-electron chi connectivity index (χ1n) is 4.61. The van der Waals surface area contributed by atoms with E-state index in [-0.39, 0.29) is 18.6 Å². The molecule has 0 nitrogen and oxygen atoms in total. The Morgan fingerprint density at radius 2 is 0.483 bits per heavy atom. The van der Waals surface area contributed by atoms with Crippen molar-refractivity contribution >= 4 is 247 Å². The third-order valence-corrected chi connectivity index (χ3v) is 55.6. The Morgan fingerprint density at radius 1 is 0.310 bits per heavy atom. The van der Waals surface area contributed by atoms with Crippen LogP contribution < -0.4 is 0 Å². The Hall–Kier alpha value is 6.67. The number of rotatable bonds is 0. The molecule has 0 saturated carbocycles. The Balaban J connectivity index is 0. The van der Waals surface area contributed by atoms with Crippen LogP contribution in [0.4, 0.5) is 0 Å². The van der Waals surface area contributed by atoms with Gasteiger partial charge in [-0.05, 0) is 79.1 Å². The van der Waals surface area contributed by atoms with E-state index in [9.17, 15) is 0 Å². The smallest absolute Gasteiger partial charge is 0.0540 e. The van der Waals surface area contributed by atoms with Gasteiger partial charge in [0, 0.05) is 63.0 Å². The van der Waals surface area contributed by atoms with Crippen molar-refractivity contribution in [3.05, 3.63) is 0 Å².